The Balaban J connectivity index is 1.48. The van der Waals surface area contributed by atoms with Gasteiger partial charge in [-0.1, -0.05) is 18.2 Å². The van der Waals surface area contributed by atoms with Crippen LogP contribution >= 0.6 is 0 Å². The van der Waals surface area contributed by atoms with Crippen LogP contribution in [-0.2, 0) is 9.59 Å². The number of carbonyl (C=O) groups is 2. The first kappa shape index (κ1) is 17.0. The first-order chi connectivity index (χ1) is 12.1. The third-order valence-electron chi connectivity index (χ3n) is 4.22. The number of anilines is 2. The van der Waals surface area contributed by atoms with Gasteiger partial charge in [0.05, 0.1) is 13.0 Å². The van der Waals surface area contributed by atoms with E-state index in [-0.39, 0.29) is 18.2 Å². The smallest absolute Gasteiger partial charge is 0.227 e. The van der Waals surface area contributed by atoms with Crippen LogP contribution in [0.5, 0.6) is 5.75 Å². The number of benzene rings is 2. The van der Waals surface area contributed by atoms with Crippen LogP contribution in [0.2, 0.25) is 0 Å². The summed E-state index contributed by atoms with van der Waals surface area (Å²) in [4.78, 5) is 25.5. The molecular formula is C20H22N2O3. The van der Waals surface area contributed by atoms with Crippen molar-refractivity contribution in [3.8, 4) is 5.75 Å². The van der Waals surface area contributed by atoms with Crippen molar-refractivity contribution >= 4 is 23.2 Å². The van der Waals surface area contributed by atoms with Gasteiger partial charge in [0, 0.05) is 24.3 Å². The number of nitrogens with one attached hydrogen (secondary N) is 1. The molecule has 1 fully saturated rings. The van der Waals surface area contributed by atoms with Gasteiger partial charge in [0.25, 0.3) is 0 Å². The van der Waals surface area contributed by atoms with Gasteiger partial charge in [0.1, 0.15) is 5.75 Å². The molecule has 0 aliphatic carbocycles. The summed E-state index contributed by atoms with van der Waals surface area (Å²) in [6.07, 6.45) is 1.79. The summed E-state index contributed by atoms with van der Waals surface area (Å²) in [6.45, 7) is 3.07. The van der Waals surface area contributed by atoms with Crippen LogP contribution < -0.4 is 15.0 Å². The largest absolute Gasteiger partial charge is 0.493 e. The molecule has 5 nitrogen and oxygen atoms in total. The fraction of sp³-hybridized carbons (Fsp3) is 0.300. The lowest BCUT2D eigenvalue weighted by atomic mass is 10.2. The third kappa shape index (κ3) is 4.38. The van der Waals surface area contributed by atoms with Gasteiger partial charge in [-0.15, -0.1) is 0 Å². The third-order valence-corrected chi connectivity index (χ3v) is 4.22. The summed E-state index contributed by atoms with van der Waals surface area (Å²) in [6, 6.07) is 15.1. The molecule has 0 bridgehead atoms. The minimum atomic E-state index is -0.0985. The first-order valence-electron chi connectivity index (χ1n) is 8.52. The van der Waals surface area contributed by atoms with E-state index in [9.17, 15) is 9.59 Å². The Bertz CT molecular complexity index is 756. The zero-order chi connectivity index (χ0) is 17.6. The molecule has 0 saturated carbocycles. The second-order valence-electron chi connectivity index (χ2n) is 6.11. The SMILES string of the molecule is Cc1ccccc1OCCC(=O)Nc1ccc(N2CCCC2=O)cc1. The molecule has 25 heavy (non-hydrogen) atoms. The van der Waals surface area contributed by atoms with E-state index >= 15 is 0 Å². The number of hydrogen-bond donors (Lipinski definition) is 1. The van der Waals surface area contributed by atoms with E-state index in [2.05, 4.69) is 5.32 Å². The molecule has 0 aromatic heterocycles. The average Bonchev–Trinajstić information content (AvgIpc) is 3.03. The van der Waals surface area contributed by atoms with Gasteiger partial charge in [0.2, 0.25) is 11.8 Å². The van der Waals surface area contributed by atoms with Crippen LogP contribution in [0.3, 0.4) is 0 Å². The molecule has 1 aliphatic rings. The standard InChI is InChI=1S/C20H22N2O3/c1-15-5-2-3-6-18(15)25-14-12-19(23)21-16-8-10-17(11-9-16)22-13-4-7-20(22)24/h2-3,5-6,8-11H,4,7,12-14H2,1H3,(H,21,23). The minimum absolute atomic E-state index is 0.0985. The van der Waals surface area contributed by atoms with Gasteiger partial charge < -0.3 is 15.0 Å². The van der Waals surface area contributed by atoms with E-state index < -0.39 is 0 Å². The van der Waals surface area contributed by atoms with Crippen LogP contribution in [0, 0.1) is 6.92 Å². The number of ether oxygens (including phenoxy) is 1. The van der Waals surface area contributed by atoms with Crippen molar-refractivity contribution in [2.75, 3.05) is 23.4 Å². The number of nitrogens with zero attached hydrogens (tertiary/aromatic N) is 1. The van der Waals surface area contributed by atoms with Crippen molar-refractivity contribution < 1.29 is 14.3 Å². The van der Waals surface area contributed by atoms with Gasteiger partial charge in [-0.05, 0) is 49.2 Å². The van der Waals surface area contributed by atoms with Crippen LogP contribution in [0.15, 0.2) is 48.5 Å². The quantitative estimate of drug-likeness (QED) is 0.876. The highest BCUT2D eigenvalue weighted by Gasteiger charge is 2.21. The molecule has 1 saturated heterocycles. The van der Waals surface area contributed by atoms with Crippen molar-refractivity contribution in [3.05, 3.63) is 54.1 Å². The fourth-order valence-electron chi connectivity index (χ4n) is 2.84. The monoisotopic (exact) mass is 338 g/mol. The first-order valence-corrected chi connectivity index (χ1v) is 8.52. The average molecular weight is 338 g/mol. The predicted octanol–water partition coefficient (Wildman–Crippen LogP) is 3.53. The Kier molecular flexibility index (Phi) is 5.33. The summed E-state index contributed by atoms with van der Waals surface area (Å²) in [5.74, 6) is 0.860. The highest BCUT2D eigenvalue weighted by Crippen LogP contribution is 2.23. The van der Waals surface area contributed by atoms with E-state index in [0.29, 0.717) is 13.0 Å². The maximum Gasteiger partial charge on any atom is 0.227 e. The van der Waals surface area contributed by atoms with Crippen LogP contribution in [-0.4, -0.2) is 25.0 Å². The second kappa shape index (κ2) is 7.83. The Morgan fingerprint density at radius 2 is 1.92 bits per heavy atom. The van der Waals surface area contributed by atoms with E-state index in [1.807, 2.05) is 55.5 Å². The molecule has 5 heteroatoms. The molecule has 2 aromatic rings. The van der Waals surface area contributed by atoms with Gasteiger partial charge in [-0.3, -0.25) is 9.59 Å². The Labute approximate surface area is 147 Å². The molecule has 2 aromatic carbocycles. The maximum absolute atomic E-state index is 12.0. The van der Waals surface area contributed by atoms with Crippen molar-refractivity contribution in [1.82, 2.24) is 0 Å². The molecule has 1 N–H and O–H groups in total. The number of hydrogen-bond acceptors (Lipinski definition) is 3. The number of amides is 2. The molecule has 130 valence electrons. The topological polar surface area (TPSA) is 58.6 Å². The van der Waals surface area contributed by atoms with Crippen LogP contribution in [0.4, 0.5) is 11.4 Å². The maximum atomic E-state index is 12.0. The molecule has 1 aliphatic heterocycles. The minimum Gasteiger partial charge on any atom is -0.493 e. The summed E-state index contributed by atoms with van der Waals surface area (Å²) >= 11 is 0. The number of para-hydroxylation sites is 1. The second-order valence-corrected chi connectivity index (χ2v) is 6.11. The summed E-state index contributed by atoms with van der Waals surface area (Å²) in [7, 11) is 0. The Hall–Kier alpha value is -2.82. The molecule has 3 rings (SSSR count). The van der Waals surface area contributed by atoms with Crippen molar-refractivity contribution in [2.24, 2.45) is 0 Å². The van der Waals surface area contributed by atoms with E-state index in [0.717, 1.165) is 35.7 Å². The molecule has 0 spiro atoms. The Morgan fingerprint density at radius 3 is 2.60 bits per heavy atom. The lowest BCUT2D eigenvalue weighted by Crippen LogP contribution is -2.23. The number of rotatable bonds is 6. The number of aryl methyl sites for hydroxylation is 1. The molecular weight excluding hydrogens is 316 g/mol. The van der Waals surface area contributed by atoms with E-state index in [1.54, 1.807) is 4.90 Å². The van der Waals surface area contributed by atoms with E-state index in [4.69, 9.17) is 4.74 Å². The summed E-state index contributed by atoms with van der Waals surface area (Å²) in [5.41, 5.74) is 2.65. The highest BCUT2D eigenvalue weighted by atomic mass is 16.5. The molecule has 0 unspecified atom stereocenters. The van der Waals surface area contributed by atoms with Gasteiger partial charge in [-0.2, -0.15) is 0 Å². The lowest BCUT2D eigenvalue weighted by molar-refractivity contribution is -0.117. The van der Waals surface area contributed by atoms with Crippen molar-refractivity contribution in [3.63, 3.8) is 0 Å². The number of carbonyl (C=O) groups excluding carboxylic acids is 2. The Morgan fingerprint density at radius 1 is 1.16 bits per heavy atom. The fourth-order valence-corrected chi connectivity index (χ4v) is 2.84. The molecule has 2 amide bonds. The zero-order valence-electron chi connectivity index (χ0n) is 14.3. The van der Waals surface area contributed by atoms with Crippen LogP contribution in [0.25, 0.3) is 0 Å². The van der Waals surface area contributed by atoms with Crippen molar-refractivity contribution in [2.45, 2.75) is 26.2 Å². The van der Waals surface area contributed by atoms with Gasteiger partial charge >= 0.3 is 0 Å². The van der Waals surface area contributed by atoms with E-state index in [1.165, 1.54) is 0 Å². The highest BCUT2D eigenvalue weighted by molar-refractivity contribution is 5.96. The van der Waals surface area contributed by atoms with Gasteiger partial charge in [-0.25, -0.2) is 0 Å². The van der Waals surface area contributed by atoms with Crippen LogP contribution in [0.1, 0.15) is 24.8 Å². The molecule has 0 radical (unpaired) electrons. The van der Waals surface area contributed by atoms with Crippen molar-refractivity contribution in [1.29, 1.82) is 0 Å². The summed E-state index contributed by atoms with van der Waals surface area (Å²) in [5, 5.41) is 2.85. The summed E-state index contributed by atoms with van der Waals surface area (Å²) < 4.78 is 5.64. The molecule has 0 atom stereocenters. The zero-order valence-corrected chi connectivity index (χ0v) is 14.3. The molecule has 1 heterocycles. The lowest BCUT2D eigenvalue weighted by Gasteiger charge is -2.16. The normalized spacial score (nSPS) is 13.8. The predicted molar refractivity (Wildman–Crippen MR) is 97.9 cm³/mol. The van der Waals surface area contributed by atoms with Gasteiger partial charge in [0.15, 0.2) is 0 Å².